The highest BCUT2D eigenvalue weighted by molar-refractivity contribution is 5.95. The lowest BCUT2D eigenvalue weighted by molar-refractivity contribution is -0.219. The monoisotopic (exact) mass is 775 g/mol. The van der Waals surface area contributed by atoms with Crippen LogP contribution in [0.15, 0.2) is 12.1 Å². The number of carbonyl (C=O) groups is 6. The van der Waals surface area contributed by atoms with E-state index in [1.807, 2.05) is 20.8 Å². The Morgan fingerprint density at radius 3 is 2.24 bits per heavy atom. The predicted molar refractivity (Wildman–Crippen MR) is 196 cm³/mol. The lowest BCUT2D eigenvalue weighted by atomic mass is 9.85. The molecular weight excluding hydrogens is 718 g/mol. The van der Waals surface area contributed by atoms with Crippen molar-refractivity contribution in [1.29, 1.82) is 0 Å². The summed E-state index contributed by atoms with van der Waals surface area (Å²) in [4.78, 5) is 80.4. The van der Waals surface area contributed by atoms with Crippen LogP contribution in [0.4, 0.5) is 4.79 Å². The van der Waals surface area contributed by atoms with Crippen molar-refractivity contribution in [2.24, 2.45) is 0 Å². The van der Waals surface area contributed by atoms with Crippen LogP contribution in [-0.2, 0) is 47.6 Å². The van der Waals surface area contributed by atoms with Crippen LogP contribution < -0.4 is 10.1 Å². The van der Waals surface area contributed by atoms with Crippen molar-refractivity contribution in [3.8, 4) is 5.75 Å². The first-order valence-corrected chi connectivity index (χ1v) is 18.8. The van der Waals surface area contributed by atoms with E-state index in [0.29, 0.717) is 82.0 Å². The van der Waals surface area contributed by atoms with Gasteiger partial charge in [0.15, 0.2) is 17.8 Å². The average Bonchev–Trinajstić information content (AvgIpc) is 3.53. The summed E-state index contributed by atoms with van der Waals surface area (Å²) < 4.78 is 40.2. The third-order valence-electron chi connectivity index (χ3n) is 10.1. The SMILES string of the molecule is COC(=O)[C@@]1(CCN2CCOC[C@@]23CCN(C(=O)OC(C)(C)C)C3)CCC[C@H]([C@H](OC(C)=O)C(CNC(=O)c2cc(C)c(OC(C)=O)c(C)c2)OC(C)=O)O1. The molecule has 0 radical (unpaired) electrons. The van der Waals surface area contributed by atoms with Crippen molar-refractivity contribution in [2.45, 2.75) is 123 Å². The molecule has 16 heteroatoms. The molecule has 1 aromatic rings. The molecule has 5 atom stereocenters. The Hall–Kier alpha value is -4.28. The Kier molecular flexibility index (Phi) is 14.3. The topological polar surface area (TPSA) is 186 Å². The molecule has 4 rings (SSSR count). The summed E-state index contributed by atoms with van der Waals surface area (Å²) in [6, 6.07) is 3.14. The van der Waals surface area contributed by atoms with E-state index in [0.717, 1.165) is 0 Å². The van der Waals surface area contributed by atoms with E-state index in [1.54, 1.807) is 30.9 Å². The fraction of sp³-hybridized carbons (Fsp3) is 0.692. The number of ether oxygens (including phenoxy) is 7. The summed E-state index contributed by atoms with van der Waals surface area (Å²) in [5, 5.41) is 2.77. The molecule has 0 aromatic heterocycles. The summed E-state index contributed by atoms with van der Waals surface area (Å²) in [5.41, 5.74) is -1.16. The van der Waals surface area contributed by atoms with Gasteiger partial charge in [0, 0.05) is 52.5 Å². The highest BCUT2D eigenvalue weighted by atomic mass is 16.6. The van der Waals surface area contributed by atoms with Crippen LogP contribution in [0.2, 0.25) is 0 Å². The summed E-state index contributed by atoms with van der Waals surface area (Å²) in [6.07, 6.45) is -1.67. The highest BCUT2D eigenvalue weighted by Crippen LogP contribution is 2.38. The largest absolute Gasteiger partial charge is 0.467 e. The number of likely N-dealkylation sites (tertiary alicyclic amines) is 1. The maximum absolute atomic E-state index is 13.7. The zero-order valence-electron chi connectivity index (χ0n) is 33.6. The number of hydrogen-bond acceptors (Lipinski definition) is 14. The third kappa shape index (κ3) is 11.2. The lowest BCUT2D eigenvalue weighted by Crippen LogP contribution is -2.61. The normalized spacial score (nSPS) is 24.0. The molecule has 3 aliphatic rings. The zero-order chi connectivity index (χ0) is 40.7. The number of nitrogens with zero attached hydrogens (tertiary/aromatic N) is 2. The van der Waals surface area contributed by atoms with Crippen LogP contribution in [0.1, 0.15) is 95.1 Å². The minimum absolute atomic E-state index is 0.216. The highest BCUT2D eigenvalue weighted by Gasteiger charge is 2.52. The molecule has 0 saturated carbocycles. The molecule has 1 N–H and O–H groups in total. The summed E-state index contributed by atoms with van der Waals surface area (Å²) in [6.45, 7) is 15.1. The van der Waals surface area contributed by atoms with Crippen LogP contribution in [0.3, 0.4) is 0 Å². The second-order valence-electron chi connectivity index (χ2n) is 15.7. The van der Waals surface area contributed by atoms with Gasteiger partial charge in [-0.1, -0.05) is 0 Å². The van der Waals surface area contributed by atoms with Gasteiger partial charge in [-0.3, -0.25) is 24.1 Å². The van der Waals surface area contributed by atoms with E-state index in [-0.39, 0.29) is 18.5 Å². The van der Waals surface area contributed by atoms with Crippen LogP contribution in [-0.4, -0.2) is 134 Å². The molecule has 1 spiro atoms. The summed E-state index contributed by atoms with van der Waals surface area (Å²) in [5.74, 6) is -2.60. The zero-order valence-corrected chi connectivity index (χ0v) is 33.6. The van der Waals surface area contributed by atoms with Gasteiger partial charge in [-0.15, -0.1) is 0 Å². The van der Waals surface area contributed by atoms with Crippen LogP contribution in [0, 0.1) is 13.8 Å². The van der Waals surface area contributed by atoms with Crippen molar-refractivity contribution >= 4 is 35.9 Å². The molecule has 0 aliphatic carbocycles. The Bertz CT molecular complexity index is 1590. The Morgan fingerprint density at radius 1 is 0.964 bits per heavy atom. The number of esters is 4. The van der Waals surface area contributed by atoms with Gasteiger partial charge >= 0.3 is 30.0 Å². The maximum atomic E-state index is 13.7. The fourth-order valence-corrected chi connectivity index (χ4v) is 7.70. The van der Waals surface area contributed by atoms with E-state index >= 15 is 0 Å². The maximum Gasteiger partial charge on any atom is 0.410 e. The van der Waals surface area contributed by atoms with Crippen molar-refractivity contribution in [1.82, 2.24) is 15.1 Å². The van der Waals surface area contributed by atoms with Crippen molar-refractivity contribution in [3.05, 3.63) is 28.8 Å². The van der Waals surface area contributed by atoms with Crippen LogP contribution in [0.25, 0.3) is 0 Å². The van der Waals surface area contributed by atoms with Gasteiger partial charge in [0.05, 0.1) is 38.5 Å². The van der Waals surface area contributed by atoms with Crippen molar-refractivity contribution in [3.63, 3.8) is 0 Å². The lowest BCUT2D eigenvalue weighted by Gasteiger charge is -2.47. The number of amides is 2. The number of morpholine rings is 1. The molecule has 3 heterocycles. The first kappa shape index (κ1) is 43.4. The number of benzene rings is 1. The first-order chi connectivity index (χ1) is 25.8. The molecule has 0 bridgehead atoms. The first-order valence-electron chi connectivity index (χ1n) is 18.8. The molecule has 1 aromatic carbocycles. The minimum atomic E-state index is -1.44. The average molecular weight is 776 g/mol. The molecule has 55 heavy (non-hydrogen) atoms. The van der Waals surface area contributed by atoms with Gasteiger partial charge in [0.1, 0.15) is 11.4 Å². The number of methoxy groups -OCH3 is 1. The molecule has 306 valence electrons. The Labute approximate surface area is 322 Å². The molecule has 3 fully saturated rings. The van der Waals surface area contributed by atoms with Crippen molar-refractivity contribution in [2.75, 3.05) is 53.0 Å². The minimum Gasteiger partial charge on any atom is -0.467 e. The van der Waals surface area contributed by atoms with E-state index < -0.39 is 70.9 Å². The van der Waals surface area contributed by atoms with E-state index in [2.05, 4.69) is 10.2 Å². The van der Waals surface area contributed by atoms with Gasteiger partial charge in [-0.2, -0.15) is 0 Å². The molecule has 1 unspecified atom stereocenters. The molecule has 3 saturated heterocycles. The quantitative estimate of drug-likeness (QED) is 0.185. The number of aryl methyl sites for hydroxylation is 2. The fourth-order valence-electron chi connectivity index (χ4n) is 7.70. The third-order valence-corrected chi connectivity index (χ3v) is 10.1. The summed E-state index contributed by atoms with van der Waals surface area (Å²) >= 11 is 0. The van der Waals surface area contributed by atoms with Gasteiger partial charge in [-0.05, 0) is 90.0 Å². The van der Waals surface area contributed by atoms with E-state index in [9.17, 15) is 28.8 Å². The second kappa shape index (κ2) is 18.1. The Balaban J connectivity index is 1.54. The number of rotatable bonds is 12. The van der Waals surface area contributed by atoms with Gasteiger partial charge in [0.2, 0.25) is 0 Å². The standard InChI is InChI=1S/C39H57N3O13/c1-24-19-29(20-25(2)32(24)52-27(4)44)34(46)40-21-31(51-26(3)43)33(53-28(5)45)30-11-10-12-39(54-30,35(47)49-9)14-16-42-17-18-50-23-38(42)13-15-41(22-38)36(48)55-37(6,7)8/h19-20,30-31,33H,10-18,21-23H2,1-9H3,(H,40,46)/t30-,31?,33+,38+,39+/m1/s1. The molecule has 2 amide bonds. The van der Waals surface area contributed by atoms with E-state index in [1.165, 1.54) is 27.9 Å². The number of hydrogen-bond donors (Lipinski definition) is 1. The second-order valence-corrected chi connectivity index (χ2v) is 15.7. The molecular formula is C39H57N3O13. The van der Waals surface area contributed by atoms with Crippen molar-refractivity contribution < 1.29 is 61.9 Å². The molecule has 16 nitrogen and oxygen atoms in total. The van der Waals surface area contributed by atoms with E-state index in [4.69, 9.17) is 33.2 Å². The Morgan fingerprint density at radius 2 is 1.64 bits per heavy atom. The number of nitrogens with one attached hydrogen (secondary N) is 1. The predicted octanol–water partition coefficient (Wildman–Crippen LogP) is 3.40. The van der Waals surface area contributed by atoms with Gasteiger partial charge in [-0.25, -0.2) is 9.59 Å². The van der Waals surface area contributed by atoms with Crippen LogP contribution >= 0.6 is 0 Å². The van der Waals surface area contributed by atoms with Gasteiger partial charge < -0.3 is 43.4 Å². The smallest absolute Gasteiger partial charge is 0.410 e. The number of carbonyl (C=O) groups excluding carboxylic acids is 6. The van der Waals surface area contributed by atoms with Crippen LogP contribution in [0.5, 0.6) is 5.75 Å². The molecule has 3 aliphatic heterocycles. The summed E-state index contributed by atoms with van der Waals surface area (Å²) in [7, 11) is 1.28. The van der Waals surface area contributed by atoms with Gasteiger partial charge in [0.25, 0.3) is 5.91 Å².